The van der Waals surface area contributed by atoms with Gasteiger partial charge in [-0.25, -0.2) is 4.79 Å². The van der Waals surface area contributed by atoms with Gasteiger partial charge in [-0.1, -0.05) is 28.1 Å². The van der Waals surface area contributed by atoms with Crippen molar-refractivity contribution in [2.75, 3.05) is 0 Å². The zero-order valence-corrected chi connectivity index (χ0v) is 14.2. The predicted molar refractivity (Wildman–Crippen MR) is 88.8 cm³/mol. The third-order valence-corrected chi connectivity index (χ3v) is 4.92. The van der Waals surface area contributed by atoms with Gasteiger partial charge >= 0.3 is 6.03 Å². The van der Waals surface area contributed by atoms with E-state index in [4.69, 9.17) is 4.74 Å². The highest BCUT2D eigenvalue weighted by atomic mass is 79.9. The smallest absolute Gasteiger partial charge is 0.321 e. The number of nitrogens with one attached hydrogen (secondary N) is 1. The summed E-state index contributed by atoms with van der Waals surface area (Å²) in [7, 11) is 0. The van der Waals surface area contributed by atoms with Crippen LogP contribution >= 0.6 is 15.9 Å². The number of pyridine rings is 1. The maximum Gasteiger partial charge on any atom is 0.321 e. The molecule has 1 aromatic heterocycles. The first-order valence-corrected chi connectivity index (χ1v) is 8.31. The van der Waals surface area contributed by atoms with E-state index in [1.165, 1.54) is 0 Å². The maximum atomic E-state index is 12.6. The highest BCUT2D eigenvalue weighted by Gasteiger charge is 2.49. The number of hydrogen-bond acceptors (Lipinski definition) is 3. The Balaban J connectivity index is 1.70. The SMILES string of the molecule is CC12CC(NC(=O)N1Cc1ccccn1)c1ccc(Br)cc1O2. The van der Waals surface area contributed by atoms with Gasteiger partial charge in [-0.15, -0.1) is 0 Å². The van der Waals surface area contributed by atoms with E-state index in [2.05, 4.69) is 26.2 Å². The molecule has 2 atom stereocenters. The van der Waals surface area contributed by atoms with Gasteiger partial charge in [0.1, 0.15) is 5.75 Å². The van der Waals surface area contributed by atoms with Crippen molar-refractivity contribution in [1.29, 1.82) is 0 Å². The first kappa shape index (κ1) is 14.5. The summed E-state index contributed by atoms with van der Waals surface area (Å²) in [6, 6.07) is 11.5. The Labute approximate surface area is 142 Å². The van der Waals surface area contributed by atoms with Crippen LogP contribution in [0.5, 0.6) is 5.75 Å². The van der Waals surface area contributed by atoms with Crippen molar-refractivity contribution < 1.29 is 9.53 Å². The topological polar surface area (TPSA) is 54.5 Å². The summed E-state index contributed by atoms with van der Waals surface area (Å²) >= 11 is 3.48. The highest BCUT2D eigenvalue weighted by Crippen LogP contribution is 2.45. The number of carbonyl (C=O) groups is 1. The third kappa shape index (κ3) is 2.47. The molecule has 4 rings (SSSR count). The fourth-order valence-corrected chi connectivity index (χ4v) is 3.62. The van der Waals surface area contributed by atoms with Gasteiger partial charge in [0.05, 0.1) is 18.3 Å². The van der Waals surface area contributed by atoms with E-state index in [-0.39, 0.29) is 12.1 Å². The largest absolute Gasteiger partial charge is 0.468 e. The van der Waals surface area contributed by atoms with Crippen molar-refractivity contribution in [1.82, 2.24) is 15.2 Å². The Morgan fingerprint density at radius 2 is 2.30 bits per heavy atom. The molecule has 5 nitrogen and oxygen atoms in total. The van der Waals surface area contributed by atoms with Crippen LogP contribution in [0.25, 0.3) is 0 Å². The highest BCUT2D eigenvalue weighted by molar-refractivity contribution is 9.10. The van der Waals surface area contributed by atoms with Crippen molar-refractivity contribution in [3.05, 3.63) is 58.3 Å². The molecule has 2 aliphatic rings. The van der Waals surface area contributed by atoms with E-state index in [1.807, 2.05) is 43.3 Å². The third-order valence-electron chi connectivity index (χ3n) is 4.42. The van der Waals surface area contributed by atoms with Crippen LogP contribution in [-0.4, -0.2) is 21.6 Å². The van der Waals surface area contributed by atoms with E-state index in [1.54, 1.807) is 11.1 Å². The summed E-state index contributed by atoms with van der Waals surface area (Å²) in [5.74, 6) is 0.809. The molecular weight excluding hydrogens is 358 g/mol. The zero-order valence-electron chi connectivity index (χ0n) is 12.6. The van der Waals surface area contributed by atoms with Gasteiger partial charge in [-0.2, -0.15) is 0 Å². The fraction of sp³-hybridized carbons (Fsp3) is 0.294. The first-order valence-electron chi connectivity index (χ1n) is 7.52. The minimum Gasteiger partial charge on any atom is -0.468 e. The molecule has 6 heteroatoms. The lowest BCUT2D eigenvalue weighted by molar-refractivity contribution is -0.0884. The second-order valence-electron chi connectivity index (χ2n) is 6.07. The van der Waals surface area contributed by atoms with Gasteiger partial charge in [-0.3, -0.25) is 9.88 Å². The summed E-state index contributed by atoms with van der Waals surface area (Å²) in [6.07, 6.45) is 2.44. The van der Waals surface area contributed by atoms with Crippen LogP contribution in [0, 0.1) is 0 Å². The van der Waals surface area contributed by atoms with E-state index in [0.717, 1.165) is 21.5 Å². The molecule has 0 radical (unpaired) electrons. The van der Waals surface area contributed by atoms with Crippen molar-refractivity contribution in [3.8, 4) is 5.75 Å². The van der Waals surface area contributed by atoms with Crippen LogP contribution in [0.15, 0.2) is 47.1 Å². The average molecular weight is 374 g/mol. The molecule has 0 spiro atoms. The van der Waals surface area contributed by atoms with Crippen LogP contribution in [0.2, 0.25) is 0 Å². The molecule has 2 aromatic rings. The van der Waals surface area contributed by atoms with Crippen molar-refractivity contribution in [3.63, 3.8) is 0 Å². The molecule has 23 heavy (non-hydrogen) atoms. The second kappa shape index (κ2) is 5.23. The van der Waals surface area contributed by atoms with E-state index in [9.17, 15) is 4.79 Å². The molecule has 2 aliphatic heterocycles. The number of ether oxygens (including phenoxy) is 1. The fourth-order valence-electron chi connectivity index (χ4n) is 3.28. The van der Waals surface area contributed by atoms with Gasteiger partial charge in [-0.05, 0) is 31.2 Å². The number of nitrogens with zero attached hydrogens (tertiary/aromatic N) is 2. The number of hydrogen-bond donors (Lipinski definition) is 1. The summed E-state index contributed by atoms with van der Waals surface area (Å²) in [5, 5.41) is 3.08. The Bertz CT molecular complexity index is 768. The first-order chi connectivity index (χ1) is 11.0. The molecular formula is C17H16BrN3O2. The molecule has 3 heterocycles. The number of amides is 2. The quantitative estimate of drug-likeness (QED) is 0.874. The summed E-state index contributed by atoms with van der Waals surface area (Å²) in [6.45, 7) is 2.38. The Morgan fingerprint density at radius 3 is 3.09 bits per heavy atom. The van der Waals surface area contributed by atoms with E-state index in [0.29, 0.717) is 13.0 Å². The number of fused-ring (bicyclic) bond motifs is 4. The van der Waals surface area contributed by atoms with Crippen LogP contribution in [0.1, 0.15) is 30.6 Å². The molecule has 118 valence electrons. The molecule has 2 unspecified atom stereocenters. The van der Waals surface area contributed by atoms with E-state index >= 15 is 0 Å². The van der Waals surface area contributed by atoms with Crippen molar-refractivity contribution in [2.24, 2.45) is 0 Å². The number of benzene rings is 1. The normalized spacial score (nSPS) is 25.4. The molecule has 2 amide bonds. The van der Waals surface area contributed by atoms with Crippen LogP contribution in [0.3, 0.4) is 0 Å². The minimum absolute atomic E-state index is 0.0238. The Hall–Kier alpha value is -2.08. The second-order valence-corrected chi connectivity index (χ2v) is 6.99. The van der Waals surface area contributed by atoms with Crippen LogP contribution < -0.4 is 10.1 Å². The molecule has 1 N–H and O–H groups in total. The monoisotopic (exact) mass is 373 g/mol. The number of rotatable bonds is 2. The van der Waals surface area contributed by atoms with E-state index < -0.39 is 5.72 Å². The Morgan fingerprint density at radius 1 is 1.43 bits per heavy atom. The number of aromatic nitrogens is 1. The predicted octanol–water partition coefficient (Wildman–Crippen LogP) is 3.61. The summed E-state index contributed by atoms with van der Waals surface area (Å²) < 4.78 is 7.19. The summed E-state index contributed by atoms with van der Waals surface area (Å²) in [4.78, 5) is 18.6. The maximum absolute atomic E-state index is 12.6. The van der Waals surface area contributed by atoms with Gasteiger partial charge < -0.3 is 10.1 Å². The van der Waals surface area contributed by atoms with Crippen molar-refractivity contribution in [2.45, 2.75) is 31.7 Å². The minimum atomic E-state index is -0.682. The molecule has 2 bridgehead atoms. The van der Waals surface area contributed by atoms with Gasteiger partial charge in [0.2, 0.25) is 0 Å². The lowest BCUT2D eigenvalue weighted by Crippen LogP contribution is -2.64. The van der Waals surface area contributed by atoms with Gasteiger partial charge in [0.25, 0.3) is 0 Å². The zero-order chi connectivity index (χ0) is 16.0. The molecule has 1 fully saturated rings. The molecule has 0 aliphatic carbocycles. The standard InChI is InChI=1S/C17H16BrN3O2/c1-17-9-14(13-6-5-11(18)8-15(13)23-17)20-16(22)21(17)10-12-4-2-3-7-19-12/h2-8,14H,9-10H2,1H3,(H,20,22). The number of halogens is 1. The van der Waals surface area contributed by atoms with Crippen LogP contribution in [0.4, 0.5) is 4.79 Å². The lowest BCUT2D eigenvalue weighted by atomic mass is 9.90. The van der Waals surface area contributed by atoms with Gasteiger partial charge in [0.15, 0.2) is 5.72 Å². The average Bonchev–Trinajstić information content (AvgIpc) is 2.51. The van der Waals surface area contributed by atoms with Crippen molar-refractivity contribution >= 4 is 22.0 Å². The van der Waals surface area contributed by atoms with Gasteiger partial charge in [0, 0.05) is 22.7 Å². The lowest BCUT2D eigenvalue weighted by Gasteiger charge is -2.50. The van der Waals surface area contributed by atoms with Crippen LogP contribution in [-0.2, 0) is 6.54 Å². The number of carbonyl (C=O) groups excluding carboxylic acids is 1. The molecule has 1 aromatic carbocycles. The Kier molecular flexibility index (Phi) is 3.30. The number of urea groups is 1. The molecule has 0 saturated carbocycles. The summed E-state index contributed by atoms with van der Waals surface area (Å²) in [5.41, 5.74) is 1.18. The molecule has 1 saturated heterocycles.